The summed E-state index contributed by atoms with van der Waals surface area (Å²) in [5.74, 6) is 0.486. The standard InChI is InChI=1S/C17H17N3O/c18-9-12-1-3-13(4-2-12)16-6-5-14-10-21-8-7-15-17(14)20(16)11-19-15/h1-4,11,14,16H,5-8,10H2. The van der Waals surface area contributed by atoms with Crippen LogP contribution in [0.15, 0.2) is 30.6 Å². The van der Waals surface area contributed by atoms with Gasteiger partial charge in [0, 0.05) is 18.0 Å². The molecule has 2 aliphatic heterocycles. The van der Waals surface area contributed by atoms with Gasteiger partial charge in [0.2, 0.25) is 0 Å². The van der Waals surface area contributed by atoms with Crippen LogP contribution in [0.5, 0.6) is 0 Å². The zero-order valence-electron chi connectivity index (χ0n) is 11.8. The van der Waals surface area contributed by atoms with Crippen molar-refractivity contribution in [3.8, 4) is 6.07 Å². The molecule has 3 heterocycles. The van der Waals surface area contributed by atoms with Crippen LogP contribution >= 0.6 is 0 Å². The minimum Gasteiger partial charge on any atom is -0.380 e. The van der Waals surface area contributed by atoms with E-state index in [-0.39, 0.29) is 0 Å². The Morgan fingerprint density at radius 3 is 2.90 bits per heavy atom. The maximum absolute atomic E-state index is 8.93. The third-order valence-corrected chi connectivity index (χ3v) is 4.65. The van der Waals surface area contributed by atoms with Crippen molar-refractivity contribution in [1.82, 2.24) is 9.55 Å². The van der Waals surface area contributed by atoms with E-state index in [1.807, 2.05) is 18.5 Å². The summed E-state index contributed by atoms with van der Waals surface area (Å²) in [5.41, 5.74) is 4.55. The molecule has 0 saturated heterocycles. The van der Waals surface area contributed by atoms with Crippen molar-refractivity contribution in [2.75, 3.05) is 13.2 Å². The van der Waals surface area contributed by atoms with Crippen LogP contribution in [0, 0.1) is 11.3 Å². The summed E-state index contributed by atoms with van der Waals surface area (Å²) in [6, 6.07) is 10.5. The van der Waals surface area contributed by atoms with Crippen LogP contribution in [0.3, 0.4) is 0 Å². The predicted octanol–water partition coefficient (Wildman–Crippen LogP) is 2.79. The Morgan fingerprint density at radius 1 is 1.24 bits per heavy atom. The van der Waals surface area contributed by atoms with E-state index >= 15 is 0 Å². The fourth-order valence-corrected chi connectivity index (χ4v) is 3.60. The van der Waals surface area contributed by atoms with Crippen LogP contribution in [-0.4, -0.2) is 22.8 Å². The smallest absolute Gasteiger partial charge is 0.0991 e. The molecule has 4 heteroatoms. The molecule has 0 amide bonds. The number of hydrogen-bond donors (Lipinski definition) is 0. The zero-order valence-corrected chi connectivity index (χ0v) is 11.8. The van der Waals surface area contributed by atoms with Gasteiger partial charge in [-0.25, -0.2) is 4.98 Å². The quantitative estimate of drug-likeness (QED) is 0.806. The van der Waals surface area contributed by atoms with E-state index in [1.165, 1.54) is 17.0 Å². The molecule has 0 fully saturated rings. The molecule has 21 heavy (non-hydrogen) atoms. The molecule has 1 aromatic heterocycles. The average molecular weight is 279 g/mol. The second kappa shape index (κ2) is 5.01. The van der Waals surface area contributed by atoms with Crippen molar-refractivity contribution in [3.63, 3.8) is 0 Å². The molecular formula is C17H17N3O. The summed E-state index contributed by atoms with van der Waals surface area (Å²) in [6.07, 6.45) is 5.15. The number of ether oxygens (including phenoxy) is 1. The summed E-state index contributed by atoms with van der Waals surface area (Å²) in [5, 5.41) is 8.93. The van der Waals surface area contributed by atoms with Crippen LogP contribution in [0.1, 0.15) is 47.3 Å². The topological polar surface area (TPSA) is 50.8 Å². The number of nitrogens with zero attached hydrogens (tertiary/aromatic N) is 3. The third-order valence-electron chi connectivity index (χ3n) is 4.65. The maximum Gasteiger partial charge on any atom is 0.0991 e. The molecule has 2 atom stereocenters. The second-order valence-electron chi connectivity index (χ2n) is 5.83. The third kappa shape index (κ3) is 2.05. The molecule has 1 aromatic carbocycles. The maximum atomic E-state index is 8.93. The first-order valence-electron chi connectivity index (χ1n) is 7.50. The summed E-state index contributed by atoms with van der Waals surface area (Å²) in [6.45, 7) is 1.60. The fraction of sp³-hybridized carbons (Fsp3) is 0.412. The van der Waals surface area contributed by atoms with Crippen molar-refractivity contribution in [1.29, 1.82) is 5.26 Å². The molecule has 4 rings (SSSR count). The lowest BCUT2D eigenvalue weighted by molar-refractivity contribution is 0.120. The van der Waals surface area contributed by atoms with E-state index in [2.05, 4.69) is 27.8 Å². The average Bonchev–Trinajstić information content (AvgIpc) is 2.84. The first-order chi connectivity index (χ1) is 10.4. The molecule has 0 saturated carbocycles. The minimum absolute atomic E-state index is 0.336. The van der Waals surface area contributed by atoms with Crippen LogP contribution in [0.25, 0.3) is 0 Å². The Hall–Kier alpha value is -2.12. The SMILES string of the molecule is N#Cc1ccc(C2CCC3COCCc4ncn2c43)cc1. The summed E-state index contributed by atoms with van der Waals surface area (Å²) >= 11 is 0. The second-order valence-corrected chi connectivity index (χ2v) is 5.83. The van der Waals surface area contributed by atoms with Gasteiger partial charge in [0.1, 0.15) is 0 Å². The van der Waals surface area contributed by atoms with Gasteiger partial charge < -0.3 is 9.30 Å². The van der Waals surface area contributed by atoms with Gasteiger partial charge in [-0.2, -0.15) is 5.26 Å². The van der Waals surface area contributed by atoms with Gasteiger partial charge in [-0.15, -0.1) is 0 Å². The lowest BCUT2D eigenvalue weighted by Gasteiger charge is -2.31. The Bertz CT molecular complexity index is 696. The molecule has 0 aliphatic carbocycles. The molecule has 2 unspecified atom stereocenters. The van der Waals surface area contributed by atoms with Crippen molar-refractivity contribution < 1.29 is 4.74 Å². The highest BCUT2D eigenvalue weighted by Crippen LogP contribution is 2.39. The number of nitriles is 1. The first-order valence-corrected chi connectivity index (χ1v) is 7.50. The van der Waals surface area contributed by atoms with Crippen LogP contribution in [0.4, 0.5) is 0 Å². The summed E-state index contributed by atoms with van der Waals surface area (Å²) in [7, 11) is 0. The summed E-state index contributed by atoms with van der Waals surface area (Å²) < 4.78 is 8.04. The van der Waals surface area contributed by atoms with E-state index in [0.29, 0.717) is 17.5 Å². The van der Waals surface area contributed by atoms with E-state index in [0.717, 1.165) is 32.5 Å². The highest BCUT2D eigenvalue weighted by molar-refractivity contribution is 5.35. The van der Waals surface area contributed by atoms with Gasteiger partial charge in [-0.3, -0.25) is 0 Å². The van der Waals surface area contributed by atoms with Crippen molar-refractivity contribution >= 4 is 0 Å². The molecular weight excluding hydrogens is 262 g/mol. The molecule has 2 aromatic rings. The van der Waals surface area contributed by atoms with E-state index in [1.54, 1.807) is 0 Å². The molecule has 0 N–H and O–H groups in total. The minimum atomic E-state index is 0.336. The highest BCUT2D eigenvalue weighted by Gasteiger charge is 2.32. The van der Waals surface area contributed by atoms with Gasteiger partial charge in [0.15, 0.2) is 0 Å². The zero-order chi connectivity index (χ0) is 14.2. The Kier molecular flexibility index (Phi) is 3.01. The van der Waals surface area contributed by atoms with E-state index in [4.69, 9.17) is 10.00 Å². The van der Waals surface area contributed by atoms with Crippen LogP contribution < -0.4 is 0 Å². The van der Waals surface area contributed by atoms with E-state index in [9.17, 15) is 0 Å². The van der Waals surface area contributed by atoms with Crippen LogP contribution in [-0.2, 0) is 11.2 Å². The Morgan fingerprint density at radius 2 is 2.10 bits per heavy atom. The molecule has 0 radical (unpaired) electrons. The number of imidazole rings is 1. The lowest BCUT2D eigenvalue weighted by Crippen LogP contribution is -2.23. The van der Waals surface area contributed by atoms with Crippen molar-refractivity contribution in [2.45, 2.75) is 31.2 Å². The number of hydrogen-bond acceptors (Lipinski definition) is 3. The fourth-order valence-electron chi connectivity index (χ4n) is 3.60. The van der Waals surface area contributed by atoms with Gasteiger partial charge >= 0.3 is 0 Å². The van der Waals surface area contributed by atoms with E-state index < -0.39 is 0 Å². The summed E-state index contributed by atoms with van der Waals surface area (Å²) in [4.78, 5) is 4.62. The van der Waals surface area contributed by atoms with Crippen molar-refractivity contribution in [2.24, 2.45) is 0 Å². The first kappa shape index (κ1) is 12.6. The molecule has 106 valence electrons. The van der Waals surface area contributed by atoms with Gasteiger partial charge in [0.05, 0.1) is 42.9 Å². The monoisotopic (exact) mass is 279 g/mol. The number of benzene rings is 1. The normalized spacial score (nSPS) is 24.0. The van der Waals surface area contributed by atoms with Gasteiger partial charge in [-0.1, -0.05) is 12.1 Å². The highest BCUT2D eigenvalue weighted by atomic mass is 16.5. The Labute approximate surface area is 124 Å². The molecule has 0 bridgehead atoms. The molecule has 2 aliphatic rings. The van der Waals surface area contributed by atoms with Crippen LogP contribution in [0.2, 0.25) is 0 Å². The molecule has 0 spiro atoms. The number of aromatic nitrogens is 2. The van der Waals surface area contributed by atoms with Crippen molar-refractivity contribution in [3.05, 3.63) is 53.1 Å². The predicted molar refractivity (Wildman–Crippen MR) is 78.0 cm³/mol. The van der Waals surface area contributed by atoms with Gasteiger partial charge in [-0.05, 0) is 30.5 Å². The Balaban J connectivity index is 1.75. The number of rotatable bonds is 1. The largest absolute Gasteiger partial charge is 0.380 e. The molecule has 4 nitrogen and oxygen atoms in total. The lowest BCUT2D eigenvalue weighted by atomic mass is 9.88. The van der Waals surface area contributed by atoms with Gasteiger partial charge in [0.25, 0.3) is 0 Å².